The van der Waals surface area contributed by atoms with Gasteiger partial charge in [0.05, 0.1) is 20.1 Å². The fourth-order valence-electron chi connectivity index (χ4n) is 4.98. The molecule has 6 heteroatoms. The van der Waals surface area contributed by atoms with Crippen LogP contribution in [0.1, 0.15) is 57.1 Å². The van der Waals surface area contributed by atoms with Crippen molar-refractivity contribution in [3.8, 4) is 5.75 Å². The molecule has 3 rings (SSSR count). The lowest BCUT2D eigenvalue weighted by Gasteiger charge is -2.35. The van der Waals surface area contributed by atoms with E-state index in [9.17, 15) is 9.59 Å². The third-order valence-corrected chi connectivity index (χ3v) is 6.68. The van der Waals surface area contributed by atoms with Gasteiger partial charge in [0.25, 0.3) is 0 Å². The van der Waals surface area contributed by atoms with E-state index in [1.165, 1.54) is 20.0 Å². The van der Waals surface area contributed by atoms with Gasteiger partial charge in [-0.1, -0.05) is 31.9 Å². The molecule has 28 heavy (non-hydrogen) atoms. The number of amides is 1. The first-order valence-corrected chi connectivity index (χ1v) is 10.2. The van der Waals surface area contributed by atoms with Crippen molar-refractivity contribution >= 4 is 11.9 Å². The molecule has 1 aromatic carbocycles. The van der Waals surface area contributed by atoms with Gasteiger partial charge in [-0.3, -0.25) is 14.5 Å². The number of methoxy groups -OCH3 is 2. The van der Waals surface area contributed by atoms with E-state index in [1.54, 1.807) is 7.11 Å². The summed E-state index contributed by atoms with van der Waals surface area (Å²) in [7, 11) is 4.98. The predicted octanol–water partition coefficient (Wildman–Crippen LogP) is 3.07. The zero-order valence-corrected chi connectivity index (χ0v) is 17.4. The maximum atomic E-state index is 13.3. The summed E-state index contributed by atoms with van der Waals surface area (Å²) in [6, 6.07) is 7.84. The van der Waals surface area contributed by atoms with Crippen molar-refractivity contribution in [1.82, 2.24) is 10.2 Å². The van der Waals surface area contributed by atoms with Crippen LogP contribution in [0.3, 0.4) is 0 Å². The second-order valence-electron chi connectivity index (χ2n) is 8.01. The Balaban J connectivity index is 1.94. The van der Waals surface area contributed by atoms with Crippen LogP contribution >= 0.6 is 0 Å². The van der Waals surface area contributed by atoms with Gasteiger partial charge in [0.1, 0.15) is 11.3 Å². The summed E-state index contributed by atoms with van der Waals surface area (Å²) in [6.07, 6.45) is 5.46. The molecule has 1 aliphatic heterocycles. The maximum Gasteiger partial charge on any atom is 0.326 e. The van der Waals surface area contributed by atoms with Crippen LogP contribution < -0.4 is 10.1 Å². The Morgan fingerprint density at radius 1 is 1.18 bits per heavy atom. The van der Waals surface area contributed by atoms with E-state index in [1.807, 2.05) is 43.1 Å². The Hall–Kier alpha value is -2.08. The number of carbonyl (C=O) groups is 2. The van der Waals surface area contributed by atoms with E-state index < -0.39 is 5.54 Å². The predicted molar refractivity (Wildman–Crippen MR) is 107 cm³/mol. The smallest absolute Gasteiger partial charge is 0.326 e. The minimum Gasteiger partial charge on any atom is -0.497 e. The van der Waals surface area contributed by atoms with Gasteiger partial charge in [-0.05, 0) is 50.4 Å². The summed E-state index contributed by atoms with van der Waals surface area (Å²) in [5.74, 6) is 0.232. The molecule has 0 aromatic heterocycles. The van der Waals surface area contributed by atoms with Crippen molar-refractivity contribution in [2.75, 3.05) is 21.3 Å². The van der Waals surface area contributed by atoms with Crippen molar-refractivity contribution in [3.05, 3.63) is 29.8 Å². The standard InChI is InChI=1S/C22H32N2O4/c1-5-22(21(26)28-4)14-18(20(25)23-16-8-6-7-9-16)19(24(22)2)15-10-12-17(27-3)13-11-15/h10-13,16,18-19H,5-9,14H2,1-4H3,(H,23,25)/t18-,19-,22-/m0/s1. The third-order valence-electron chi connectivity index (χ3n) is 6.68. The van der Waals surface area contributed by atoms with Gasteiger partial charge in [0.15, 0.2) is 0 Å². The fraction of sp³-hybridized carbons (Fsp3) is 0.636. The van der Waals surface area contributed by atoms with Crippen LogP contribution in [0.5, 0.6) is 5.75 Å². The molecule has 154 valence electrons. The highest BCUT2D eigenvalue weighted by Gasteiger charge is 2.56. The Labute approximate surface area is 167 Å². The Kier molecular flexibility index (Phi) is 6.28. The Morgan fingerprint density at radius 2 is 1.82 bits per heavy atom. The lowest BCUT2D eigenvalue weighted by molar-refractivity contribution is -0.153. The number of benzene rings is 1. The van der Waals surface area contributed by atoms with E-state index in [0.717, 1.165) is 24.2 Å². The molecule has 1 aliphatic carbocycles. The lowest BCUT2D eigenvalue weighted by Crippen LogP contribution is -2.49. The fourth-order valence-corrected chi connectivity index (χ4v) is 4.98. The largest absolute Gasteiger partial charge is 0.497 e. The minimum absolute atomic E-state index is 0.0406. The van der Waals surface area contributed by atoms with Crippen LogP contribution in [-0.2, 0) is 14.3 Å². The van der Waals surface area contributed by atoms with E-state index in [4.69, 9.17) is 9.47 Å². The van der Waals surface area contributed by atoms with Crippen LogP contribution in [0.2, 0.25) is 0 Å². The zero-order valence-electron chi connectivity index (χ0n) is 17.4. The molecule has 6 nitrogen and oxygen atoms in total. The lowest BCUT2D eigenvalue weighted by atomic mass is 9.87. The van der Waals surface area contributed by atoms with Crippen LogP contribution in [0.15, 0.2) is 24.3 Å². The normalized spacial score (nSPS) is 28.3. The van der Waals surface area contributed by atoms with Crippen molar-refractivity contribution < 1.29 is 19.1 Å². The van der Waals surface area contributed by atoms with Gasteiger partial charge >= 0.3 is 5.97 Å². The number of nitrogens with zero attached hydrogens (tertiary/aromatic N) is 1. The van der Waals surface area contributed by atoms with Gasteiger partial charge < -0.3 is 14.8 Å². The molecule has 0 unspecified atom stereocenters. The van der Waals surface area contributed by atoms with Crippen molar-refractivity contribution in [1.29, 1.82) is 0 Å². The number of rotatable bonds is 6. The molecule has 1 N–H and O–H groups in total. The molecule has 1 saturated heterocycles. The number of ether oxygens (including phenoxy) is 2. The average molecular weight is 389 g/mol. The SMILES string of the molecule is CC[C@@]1(C(=O)OC)C[C@H](C(=O)NC2CCCC2)[C@H](c2ccc(OC)cc2)N1C. The molecule has 1 saturated carbocycles. The van der Waals surface area contributed by atoms with Gasteiger partial charge in [0, 0.05) is 12.1 Å². The summed E-state index contributed by atoms with van der Waals surface area (Å²) >= 11 is 0. The molecule has 0 spiro atoms. The molecular weight excluding hydrogens is 356 g/mol. The van der Waals surface area contributed by atoms with Gasteiger partial charge in [-0.25, -0.2) is 0 Å². The van der Waals surface area contributed by atoms with Crippen molar-refractivity contribution in [3.63, 3.8) is 0 Å². The first kappa shape index (κ1) is 20.6. The molecule has 0 bridgehead atoms. The number of hydrogen-bond acceptors (Lipinski definition) is 5. The van der Waals surface area contributed by atoms with Crippen LogP contribution in [0.4, 0.5) is 0 Å². The highest BCUT2D eigenvalue weighted by atomic mass is 16.5. The molecule has 0 radical (unpaired) electrons. The molecule has 1 amide bonds. The molecule has 1 heterocycles. The highest BCUT2D eigenvalue weighted by Crippen LogP contribution is 2.48. The number of likely N-dealkylation sites (N-methyl/N-ethyl adjacent to an activating group) is 1. The zero-order chi connectivity index (χ0) is 20.3. The van der Waals surface area contributed by atoms with Crippen molar-refractivity contribution in [2.24, 2.45) is 5.92 Å². The Bertz CT molecular complexity index is 699. The highest BCUT2D eigenvalue weighted by molar-refractivity contribution is 5.86. The summed E-state index contributed by atoms with van der Waals surface area (Å²) in [5, 5.41) is 3.24. The monoisotopic (exact) mass is 388 g/mol. The molecular formula is C22H32N2O4. The van der Waals surface area contributed by atoms with E-state index in [2.05, 4.69) is 5.32 Å². The number of likely N-dealkylation sites (tertiary alicyclic amines) is 1. The summed E-state index contributed by atoms with van der Waals surface area (Å²) < 4.78 is 10.4. The second-order valence-corrected chi connectivity index (χ2v) is 8.01. The summed E-state index contributed by atoms with van der Waals surface area (Å²) in [6.45, 7) is 1.98. The average Bonchev–Trinajstić information content (AvgIpc) is 3.33. The van der Waals surface area contributed by atoms with E-state index >= 15 is 0 Å². The number of nitrogens with one attached hydrogen (secondary N) is 1. The van der Waals surface area contributed by atoms with E-state index in [0.29, 0.717) is 12.8 Å². The molecule has 3 atom stereocenters. The van der Waals surface area contributed by atoms with Gasteiger partial charge in [-0.2, -0.15) is 0 Å². The number of carbonyl (C=O) groups excluding carboxylic acids is 2. The topological polar surface area (TPSA) is 67.9 Å². The van der Waals surface area contributed by atoms with Crippen molar-refractivity contribution in [2.45, 2.75) is 63.1 Å². The first-order chi connectivity index (χ1) is 13.5. The minimum atomic E-state index is -0.795. The Morgan fingerprint density at radius 3 is 2.36 bits per heavy atom. The van der Waals surface area contributed by atoms with Crippen LogP contribution in [-0.4, -0.2) is 49.6 Å². The molecule has 2 aliphatic rings. The third kappa shape index (κ3) is 3.62. The molecule has 2 fully saturated rings. The van der Waals surface area contributed by atoms with Crippen LogP contribution in [0, 0.1) is 5.92 Å². The quantitative estimate of drug-likeness (QED) is 0.759. The summed E-state index contributed by atoms with van der Waals surface area (Å²) in [5.41, 5.74) is 0.214. The van der Waals surface area contributed by atoms with Gasteiger partial charge in [-0.15, -0.1) is 0 Å². The second kappa shape index (κ2) is 8.52. The van der Waals surface area contributed by atoms with E-state index in [-0.39, 0.29) is 29.9 Å². The molecule has 1 aromatic rings. The number of hydrogen-bond donors (Lipinski definition) is 1. The van der Waals surface area contributed by atoms with Gasteiger partial charge in [0.2, 0.25) is 5.91 Å². The number of esters is 1. The first-order valence-electron chi connectivity index (χ1n) is 10.2. The maximum absolute atomic E-state index is 13.3. The summed E-state index contributed by atoms with van der Waals surface area (Å²) in [4.78, 5) is 28.0. The van der Waals surface area contributed by atoms with Crippen LogP contribution in [0.25, 0.3) is 0 Å².